The van der Waals surface area contributed by atoms with E-state index in [0.717, 1.165) is 11.6 Å². The fraction of sp³-hybridized carbons (Fsp3) is 0.125. The zero-order valence-electron chi connectivity index (χ0n) is 11.0. The third kappa shape index (κ3) is 4.84. The van der Waals surface area contributed by atoms with Gasteiger partial charge in [0.05, 0.1) is 0 Å². The Labute approximate surface area is 112 Å². The van der Waals surface area contributed by atoms with E-state index in [1.165, 1.54) is 12.1 Å². The van der Waals surface area contributed by atoms with Gasteiger partial charge in [0.2, 0.25) is 0 Å². The van der Waals surface area contributed by atoms with Gasteiger partial charge in [-0.05, 0) is 35.4 Å². The molecule has 2 nitrogen and oxygen atoms in total. The molecule has 0 saturated heterocycles. The molecular weight excluding hydrogens is 243 g/mol. The molecule has 0 bridgehead atoms. The first-order valence-electron chi connectivity index (χ1n) is 6.10. The van der Waals surface area contributed by atoms with Gasteiger partial charge in [-0.1, -0.05) is 38.1 Å². The van der Waals surface area contributed by atoms with Gasteiger partial charge in [-0.2, -0.15) is 0 Å². The Morgan fingerprint density at radius 2 is 1.37 bits per heavy atom. The maximum Gasteiger partial charge on any atom is 0.127 e. The molecule has 2 rings (SSSR count). The lowest BCUT2D eigenvalue weighted by Crippen LogP contribution is -1.77. The SMILES string of the molecule is CC.Oc1ccc(/C=C/c2cc(O)cc(F)c2)cc1. The summed E-state index contributed by atoms with van der Waals surface area (Å²) in [4.78, 5) is 0. The molecule has 0 aliphatic rings. The summed E-state index contributed by atoms with van der Waals surface area (Å²) in [6, 6.07) is 10.5. The van der Waals surface area contributed by atoms with Crippen molar-refractivity contribution < 1.29 is 14.6 Å². The number of benzene rings is 2. The predicted octanol–water partition coefficient (Wildman–Crippen LogP) is 4.43. The monoisotopic (exact) mass is 260 g/mol. The van der Waals surface area contributed by atoms with Gasteiger partial charge in [-0.3, -0.25) is 0 Å². The fourth-order valence-corrected chi connectivity index (χ4v) is 1.47. The van der Waals surface area contributed by atoms with Crippen molar-refractivity contribution in [2.45, 2.75) is 13.8 Å². The Bertz CT molecular complexity index is 525. The molecule has 0 amide bonds. The molecule has 0 unspecified atom stereocenters. The number of phenolic OH excluding ortho intramolecular Hbond substituents is 2. The summed E-state index contributed by atoms with van der Waals surface area (Å²) in [5.74, 6) is -0.378. The van der Waals surface area contributed by atoms with Gasteiger partial charge in [0.25, 0.3) is 0 Å². The van der Waals surface area contributed by atoms with Crippen LogP contribution in [0, 0.1) is 5.82 Å². The minimum Gasteiger partial charge on any atom is -0.508 e. The third-order valence-corrected chi connectivity index (χ3v) is 2.27. The van der Waals surface area contributed by atoms with Crippen LogP contribution in [0.1, 0.15) is 25.0 Å². The highest BCUT2D eigenvalue weighted by Gasteiger charge is 1.96. The van der Waals surface area contributed by atoms with Crippen molar-refractivity contribution in [3.05, 3.63) is 59.4 Å². The van der Waals surface area contributed by atoms with E-state index in [1.807, 2.05) is 13.8 Å². The van der Waals surface area contributed by atoms with Crippen LogP contribution in [0.15, 0.2) is 42.5 Å². The number of phenols is 2. The molecule has 0 atom stereocenters. The molecule has 0 saturated carbocycles. The van der Waals surface area contributed by atoms with Crippen LogP contribution in [0.3, 0.4) is 0 Å². The average molecular weight is 260 g/mol. The molecular formula is C16H17FO2. The van der Waals surface area contributed by atoms with Crippen molar-refractivity contribution in [3.63, 3.8) is 0 Å². The van der Waals surface area contributed by atoms with E-state index in [-0.39, 0.29) is 11.5 Å². The third-order valence-electron chi connectivity index (χ3n) is 2.27. The standard InChI is InChI=1S/C14H11FO2.C2H6/c15-12-7-11(8-14(17)9-12)2-1-10-3-5-13(16)6-4-10;1-2/h1-9,16-17H;1-2H3/b2-1+;. The van der Waals surface area contributed by atoms with Crippen molar-refractivity contribution in [2.75, 3.05) is 0 Å². The van der Waals surface area contributed by atoms with Crippen molar-refractivity contribution in [1.82, 2.24) is 0 Å². The van der Waals surface area contributed by atoms with Gasteiger partial charge < -0.3 is 10.2 Å². The maximum absolute atomic E-state index is 13.0. The molecule has 0 fully saturated rings. The number of aromatic hydroxyl groups is 2. The molecule has 2 aromatic carbocycles. The van der Waals surface area contributed by atoms with Crippen LogP contribution in [-0.2, 0) is 0 Å². The van der Waals surface area contributed by atoms with Gasteiger partial charge in [-0.15, -0.1) is 0 Å². The molecule has 0 aliphatic carbocycles. The largest absolute Gasteiger partial charge is 0.508 e. The molecule has 19 heavy (non-hydrogen) atoms. The van der Waals surface area contributed by atoms with Crippen LogP contribution >= 0.6 is 0 Å². The van der Waals surface area contributed by atoms with Crippen LogP contribution in [-0.4, -0.2) is 10.2 Å². The number of rotatable bonds is 2. The molecule has 0 spiro atoms. The Hall–Kier alpha value is -2.29. The normalized spacial score (nSPS) is 10.1. The molecule has 2 aromatic rings. The van der Waals surface area contributed by atoms with Gasteiger partial charge in [0.15, 0.2) is 0 Å². The molecule has 0 aromatic heterocycles. The minimum atomic E-state index is -0.477. The first kappa shape index (κ1) is 14.8. The lowest BCUT2D eigenvalue weighted by molar-refractivity contribution is 0.469. The van der Waals surface area contributed by atoms with Crippen molar-refractivity contribution in [2.24, 2.45) is 0 Å². The van der Waals surface area contributed by atoms with Crippen LogP contribution in [0.25, 0.3) is 12.2 Å². The second kappa shape index (κ2) is 7.21. The summed E-state index contributed by atoms with van der Waals surface area (Å²) in [6.07, 6.45) is 3.46. The summed E-state index contributed by atoms with van der Waals surface area (Å²) in [5, 5.41) is 18.3. The number of hydrogen-bond acceptors (Lipinski definition) is 2. The van der Waals surface area contributed by atoms with E-state index in [2.05, 4.69) is 0 Å². The minimum absolute atomic E-state index is 0.102. The Kier molecular flexibility index (Phi) is 5.61. The Balaban J connectivity index is 0.000000861. The summed E-state index contributed by atoms with van der Waals surface area (Å²) < 4.78 is 13.0. The predicted molar refractivity (Wildman–Crippen MR) is 76.4 cm³/mol. The first-order valence-corrected chi connectivity index (χ1v) is 6.10. The lowest BCUT2D eigenvalue weighted by Gasteiger charge is -1.97. The van der Waals surface area contributed by atoms with Gasteiger partial charge >= 0.3 is 0 Å². The van der Waals surface area contributed by atoms with E-state index in [9.17, 15) is 9.50 Å². The van der Waals surface area contributed by atoms with Gasteiger partial charge in [-0.25, -0.2) is 4.39 Å². The fourth-order valence-electron chi connectivity index (χ4n) is 1.47. The van der Waals surface area contributed by atoms with E-state index in [4.69, 9.17) is 5.11 Å². The van der Waals surface area contributed by atoms with Crippen molar-refractivity contribution in [3.8, 4) is 11.5 Å². The Morgan fingerprint density at radius 1 is 0.789 bits per heavy atom. The highest BCUT2D eigenvalue weighted by Crippen LogP contribution is 2.17. The number of hydrogen-bond donors (Lipinski definition) is 2. The number of halogens is 1. The highest BCUT2D eigenvalue weighted by molar-refractivity contribution is 5.70. The molecule has 0 radical (unpaired) electrons. The second-order valence-corrected chi connectivity index (χ2v) is 3.67. The van der Waals surface area contributed by atoms with E-state index in [1.54, 1.807) is 36.4 Å². The van der Waals surface area contributed by atoms with Gasteiger partial charge in [0, 0.05) is 6.07 Å². The van der Waals surface area contributed by atoms with Crippen molar-refractivity contribution >= 4 is 12.2 Å². The zero-order chi connectivity index (χ0) is 14.3. The molecule has 100 valence electrons. The quantitative estimate of drug-likeness (QED) is 0.784. The first-order chi connectivity index (χ1) is 9.13. The summed E-state index contributed by atoms with van der Waals surface area (Å²) >= 11 is 0. The van der Waals surface area contributed by atoms with Crippen LogP contribution in [0.2, 0.25) is 0 Å². The molecule has 2 N–H and O–H groups in total. The zero-order valence-corrected chi connectivity index (χ0v) is 11.0. The lowest BCUT2D eigenvalue weighted by atomic mass is 10.1. The molecule has 0 heterocycles. The van der Waals surface area contributed by atoms with E-state index in [0.29, 0.717) is 5.56 Å². The van der Waals surface area contributed by atoms with Crippen LogP contribution in [0.4, 0.5) is 4.39 Å². The van der Waals surface area contributed by atoms with Crippen molar-refractivity contribution in [1.29, 1.82) is 0 Å². The smallest absolute Gasteiger partial charge is 0.127 e. The van der Waals surface area contributed by atoms with Crippen LogP contribution in [0.5, 0.6) is 11.5 Å². The summed E-state index contributed by atoms with van der Waals surface area (Å²) in [6.45, 7) is 4.00. The van der Waals surface area contributed by atoms with Crippen LogP contribution < -0.4 is 0 Å². The van der Waals surface area contributed by atoms with Gasteiger partial charge in [0.1, 0.15) is 17.3 Å². The summed E-state index contributed by atoms with van der Waals surface area (Å²) in [5.41, 5.74) is 1.46. The molecule has 0 aliphatic heterocycles. The highest BCUT2D eigenvalue weighted by atomic mass is 19.1. The van der Waals surface area contributed by atoms with E-state index < -0.39 is 5.82 Å². The molecule has 3 heteroatoms. The second-order valence-electron chi connectivity index (χ2n) is 3.67. The maximum atomic E-state index is 13.0. The topological polar surface area (TPSA) is 40.5 Å². The summed E-state index contributed by atoms with van der Waals surface area (Å²) in [7, 11) is 0. The Morgan fingerprint density at radius 3 is 1.95 bits per heavy atom. The average Bonchev–Trinajstić information content (AvgIpc) is 2.39. The van der Waals surface area contributed by atoms with E-state index >= 15 is 0 Å².